The van der Waals surface area contributed by atoms with E-state index < -0.39 is 5.97 Å². The molecule has 2 aromatic carbocycles. The van der Waals surface area contributed by atoms with Gasteiger partial charge in [0.05, 0.1) is 24.8 Å². The van der Waals surface area contributed by atoms with Gasteiger partial charge in [-0.15, -0.1) is 0 Å². The van der Waals surface area contributed by atoms with Gasteiger partial charge < -0.3 is 15.2 Å². The van der Waals surface area contributed by atoms with Gasteiger partial charge in [0.1, 0.15) is 11.3 Å². The molecular formula is C21H20N2O5. The summed E-state index contributed by atoms with van der Waals surface area (Å²) in [4.78, 5) is 38.0. The van der Waals surface area contributed by atoms with Crippen molar-refractivity contribution >= 4 is 29.5 Å². The predicted octanol–water partition coefficient (Wildman–Crippen LogP) is 2.76. The third-order valence-corrected chi connectivity index (χ3v) is 4.48. The third-order valence-electron chi connectivity index (χ3n) is 4.48. The van der Waals surface area contributed by atoms with E-state index in [1.54, 1.807) is 42.5 Å². The Morgan fingerprint density at radius 1 is 1.14 bits per heavy atom. The normalized spacial score (nSPS) is 12.7. The van der Waals surface area contributed by atoms with E-state index in [2.05, 4.69) is 6.58 Å². The Morgan fingerprint density at radius 2 is 1.79 bits per heavy atom. The van der Waals surface area contributed by atoms with Gasteiger partial charge in [-0.2, -0.15) is 0 Å². The van der Waals surface area contributed by atoms with Crippen LogP contribution in [0.1, 0.15) is 43.1 Å². The fraction of sp³-hybridized carbons (Fsp3) is 0.190. The summed E-state index contributed by atoms with van der Waals surface area (Å²) >= 11 is 0. The van der Waals surface area contributed by atoms with Crippen molar-refractivity contribution in [1.82, 2.24) is 4.90 Å². The molecule has 144 valence electrons. The maximum atomic E-state index is 12.4. The Morgan fingerprint density at radius 3 is 2.36 bits per heavy atom. The van der Waals surface area contributed by atoms with Crippen molar-refractivity contribution in [1.29, 1.82) is 0 Å². The second kappa shape index (κ2) is 7.96. The minimum absolute atomic E-state index is 0.126. The number of nitrogen functional groups attached to an aromatic ring is 1. The van der Waals surface area contributed by atoms with E-state index >= 15 is 0 Å². The number of rotatable bonds is 7. The van der Waals surface area contributed by atoms with Crippen LogP contribution in [0.4, 0.5) is 5.69 Å². The van der Waals surface area contributed by atoms with E-state index in [1.807, 2.05) is 0 Å². The van der Waals surface area contributed by atoms with Gasteiger partial charge in [-0.3, -0.25) is 14.5 Å². The van der Waals surface area contributed by atoms with Crippen LogP contribution in [-0.4, -0.2) is 42.9 Å². The van der Waals surface area contributed by atoms with Gasteiger partial charge >= 0.3 is 5.97 Å². The molecule has 0 aliphatic carbocycles. The number of hydrogen-bond donors (Lipinski definition) is 1. The van der Waals surface area contributed by atoms with Crippen LogP contribution in [0.15, 0.2) is 43.0 Å². The third kappa shape index (κ3) is 3.34. The average molecular weight is 380 g/mol. The Hall–Kier alpha value is -3.61. The minimum atomic E-state index is -0.614. The van der Waals surface area contributed by atoms with Crippen molar-refractivity contribution in [2.45, 2.75) is 6.42 Å². The number of imide groups is 1. The van der Waals surface area contributed by atoms with Crippen LogP contribution >= 0.6 is 0 Å². The number of anilines is 1. The first kappa shape index (κ1) is 19.2. The number of ether oxygens (including phenoxy) is 2. The van der Waals surface area contributed by atoms with E-state index in [0.717, 1.165) is 0 Å². The first-order valence-electron chi connectivity index (χ1n) is 8.70. The summed E-state index contributed by atoms with van der Waals surface area (Å²) in [5.41, 5.74) is 7.66. The molecule has 1 heterocycles. The molecule has 2 amide bonds. The van der Waals surface area contributed by atoms with Crippen molar-refractivity contribution in [2.24, 2.45) is 0 Å². The zero-order valence-corrected chi connectivity index (χ0v) is 15.4. The van der Waals surface area contributed by atoms with Gasteiger partial charge in [0.2, 0.25) is 0 Å². The van der Waals surface area contributed by atoms with Crippen LogP contribution in [-0.2, 0) is 4.74 Å². The van der Waals surface area contributed by atoms with Crippen molar-refractivity contribution in [3.05, 3.63) is 65.2 Å². The first-order chi connectivity index (χ1) is 13.5. The number of carbonyl (C=O) groups is 3. The Bertz CT molecular complexity index is 932. The summed E-state index contributed by atoms with van der Waals surface area (Å²) in [7, 11) is 1.26. The Balaban J connectivity index is 1.69. The summed E-state index contributed by atoms with van der Waals surface area (Å²) in [6.07, 6.45) is 1.93. The molecule has 0 saturated heterocycles. The fourth-order valence-corrected chi connectivity index (χ4v) is 3.08. The smallest absolute Gasteiger partial charge is 0.343 e. The lowest BCUT2D eigenvalue weighted by Crippen LogP contribution is -2.31. The molecular weight excluding hydrogens is 360 g/mol. The van der Waals surface area contributed by atoms with Crippen LogP contribution in [0.25, 0.3) is 6.08 Å². The molecule has 2 N–H and O–H groups in total. The highest BCUT2D eigenvalue weighted by atomic mass is 16.5. The number of fused-ring (bicyclic) bond motifs is 1. The second-order valence-electron chi connectivity index (χ2n) is 6.15. The molecule has 1 aliphatic rings. The van der Waals surface area contributed by atoms with Gasteiger partial charge in [-0.25, -0.2) is 4.79 Å². The average Bonchev–Trinajstić information content (AvgIpc) is 2.95. The highest BCUT2D eigenvalue weighted by molar-refractivity contribution is 6.21. The molecule has 7 heteroatoms. The molecule has 0 fully saturated rings. The lowest BCUT2D eigenvalue weighted by molar-refractivity contribution is 0.0596. The number of methoxy groups -OCH3 is 1. The topological polar surface area (TPSA) is 98.9 Å². The number of carbonyl (C=O) groups excluding carboxylic acids is 3. The molecule has 1 aliphatic heterocycles. The highest BCUT2D eigenvalue weighted by Crippen LogP contribution is 2.31. The molecule has 0 aromatic heterocycles. The predicted molar refractivity (Wildman–Crippen MR) is 104 cm³/mol. The van der Waals surface area contributed by atoms with Gasteiger partial charge in [-0.1, -0.05) is 24.8 Å². The van der Waals surface area contributed by atoms with Crippen molar-refractivity contribution in [3.63, 3.8) is 0 Å². The number of benzene rings is 2. The Kier molecular flexibility index (Phi) is 5.44. The van der Waals surface area contributed by atoms with E-state index in [4.69, 9.17) is 15.2 Å². The Labute approximate surface area is 162 Å². The number of nitrogens with two attached hydrogens (primary N) is 1. The van der Waals surface area contributed by atoms with E-state index in [9.17, 15) is 14.4 Å². The number of nitrogens with zero attached hydrogens (tertiary/aromatic N) is 1. The van der Waals surface area contributed by atoms with Crippen molar-refractivity contribution < 1.29 is 23.9 Å². The molecule has 28 heavy (non-hydrogen) atoms. The molecule has 0 spiro atoms. The quantitative estimate of drug-likeness (QED) is 0.343. The molecule has 0 saturated carbocycles. The molecule has 0 radical (unpaired) electrons. The largest absolute Gasteiger partial charge is 0.492 e. The minimum Gasteiger partial charge on any atom is -0.492 e. The van der Waals surface area contributed by atoms with Crippen molar-refractivity contribution in [2.75, 3.05) is 26.0 Å². The van der Waals surface area contributed by atoms with Crippen LogP contribution < -0.4 is 10.5 Å². The number of amides is 2. The standard InChI is InChI=1S/C21H20N2O5/c1-3-13-9-10-16(22)17(21(26)27-2)18(13)28-12-6-11-23-19(24)14-7-4-5-8-15(14)20(23)25/h3-5,7-10H,1,6,11-12,22H2,2H3. The summed E-state index contributed by atoms with van der Waals surface area (Å²) in [6.45, 7) is 4.08. The molecule has 7 nitrogen and oxygen atoms in total. The highest BCUT2D eigenvalue weighted by Gasteiger charge is 2.34. The summed E-state index contributed by atoms with van der Waals surface area (Å²) in [6, 6.07) is 9.99. The maximum absolute atomic E-state index is 12.4. The van der Waals surface area contributed by atoms with Crippen LogP contribution in [0, 0.1) is 0 Å². The molecule has 0 unspecified atom stereocenters. The van der Waals surface area contributed by atoms with Gasteiger partial charge in [0, 0.05) is 17.8 Å². The fourth-order valence-electron chi connectivity index (χ4n) is 3.08. The SMILES string of the molecule is C=Cc1ccc(N)c(C(=O)OC)c1OCCCN1C(=O)c2ccccc2C1=O. The molecule has 3 rings (SSSR count). The lowest BCUT2D eigenvalue weighted by Gasteiger charge is -2.17. The molecule has 2 aromatic rings. The monoisotopic (exact) mass is 380 g/mol. The van der Waals surface area contributed by atoms with E-state index in [1.165, 1.54) is 12.0 Å². The summed E-state index contributed by atoms with van der Waals surface area (Å²) < 4.78 is 10.5. The lowest BCUT2D eigenvalue weighted by atomic mass is 10.1. The van der Waals surface area contributed by atoms with Gasteiger partial charge in [-0.05, 0) is 30.7 Å². The molecule has 0 bridgehead atoms. The van der Waals surface area contributed by atoms with Crippen LogP contribution in [0.5, 0.6) is 5.75 Å². The first-order valence-corrected chi connectivity index (χ1v) is 8.70. The maximum Gasteiger partial charge on any atom is 0.343 e. The second-order valence-corrected chi connectivity index (χ2v) is 6.15. The zero-order chi connectivity index (χ0) is 20.3. The zero-order valence-electron chi connectivity index (χ0n) is 15.4. The van der Waals surface area contributed by atoms with E-state index in [0.29, 0.717) is 23.1 Å². The van der Waals surface area contributed by atoms with Crippen molar-refractivity contribution in [3.8, 4) is 5.75 Å². The number of hydrogen-bond acceptors (Lipinski definition) is 6. The van der Waals surface area contributed by atoms with Crippen LogP contribution in [0.2, 0.25) is 0 Å². The summed E-state index contributed by atoms with van der Waals surface area (Å²) in [5.74, 6) is -0.973. The number of esters is 1. The summed E-state index contributed by atoms with van der Waals surface area (Å²) in [5, 5.41) is 0. The van der Waals surface area contributed by atoms with Gasteiger partial charge in [0.25, 0.3) is 11.8 Å². The molecule has 0 atom stereocenters. The van der Waals surface area contributed by atoms with E-state index in [-0.39, 0.29) is 42.0 Å². The van der Waals surface area contributed by atoms with Gasteiger partial charge in [0.15, 0.2) is 0 Å². The van der Waals surface area contributed by atoms with Crippen LogP contribution in [0.3, 0.4) is 0 Å².